The summed E-state index contributed by atoms with van der Waals surface area (Å²) >= 11 is 0. The lowest BCUT2D eigenvalue weighted by Crippen LogP contribution is -2.24. The van der Waals surface area contributed by atoms with E-state index in [1.807, 2.05) is 44.1 Å². The first-order valence-electron chi connectivity index (χ1n) is 12.8. The highest BCUT2D eigenvalue weighted by molar-refractivity contribution is 6.05. The number of benzene rings is 1. The average molecular weight is 548 g/mol. The lowest BCUT2D eigenvalue weighted by Gasteiger charge is -2.21. The number of nitrogen functional groups attached to an aromatic ring is 1. The number of nitrogens with one attached hydrogen (secondary N) is 2. The summed E-state index contributed by atoms with van der Waals surface area (Å²) in [5.74, 6) is -0.299. The highest BCUT2D eigenvalue weighted by Crippen LogP contribution is 2.30. The summed E-state index contributed by atoms with van der Waals surface area (Å²) in [5, 5.41) is 7.07. The van der Waals surface area contributed by atoms with Crippen LogP contribution < -0.4 is 26.2 Å². The standard InChI is InChI=1S/C30H29N9O2/c1-18-15-22(11-13-32-18)39(19(2)40)28-10-9-26(29(31)37-28)36-30(41)27-7-5-20(17-34-27)35-25-12-14-33-24-8-6-21(38(3)4)16-23(24)25/h5-17H,1-4H3,(H2,31,37)(H,33,35)(H,36,41). The second-order valence-electron chi connectivity index (χ2n) is 9.58. The van der Waals surface area contributed by atoms with Crippen molar-refractivity contribution in [2.24, 2.45) is 0 Å². The van der Waals surface area contributed by atoms with E-state index in [1.165, 1.54) is 11.8 Å². The molecule has 2 amide bonds. The van der Waals surface area contributed by atoms with Crippen molar-refractivity contribution in [1.29, 1.82) is 0 Å². The summed E-state index contributed by atoms with van der Waals surface area (Å²) in [4.78, 5) is 46.1. The number of anilines is 7. The number of rotatable bonds is 7. The Kier molecular flexibility index (Phi) is 7.42. The molecule has 4 heterocycles. The average Bonchev–Trinajstić information content (AvgIpc) is 2.94. The molecule has 5 aromatic rings. The molecule has 0 aliphatic heterocycles. The van der Waals surface area contributed by atoms with Crippen molar-refractivity contribution in [2.75, 3.05) is 40.3 Å². The number of amides is 2. The fourth-order valence-corrected chi connectivity index (χ4v) is 4.30. The van der Waals surface area contributed by atoms with Crippen LogP contribution in [0.1, 0.15) is 23.1 Å². The van der Waals surface area contributed by atoms with Crippen molar-refractivity contribution in [3.8, 4) is 0 Å². The number of carbonyl (C=O) groups excluding carboxylic acids is 2. The number of pyridine rings is 4. The van der Waals surface area contributed by atoms with Crippen LogP contribution in [0.15, 0.2) is 79.3 Å². The third-order valence-corrected chi connectivity index (χ3v) is 6.36. The zero-order valence-electron chi connectivity index (χ0n) is 23.1. The second kappa shape index (κ2) is 11.3. The zero-order chi connectivity index (χ0) is 29.1. The van der Waals surface area contributed by atoms with Crippen LogP contribution in [0.25, 0.3) is 10.9 Å². The SMILES string of the molecule is CC(=O)N(c1ccnc(C)c1)c1ccc(NC(=O)c2ccc(Nc3ccnc4ccc(N(C)C)cc34)cn2)c(N)n1. The number of hydrogen-bond acceptors (Lipinski definition) is 9. The van der Waals surface area contributed by atoms with Crippen LogP contribution >= 0.6 is 0 Å². The first kappa shape index (κ1) is 27.0. The van der Waals surface area contributed by atoms with Gasteiger partial charge >= 0.3 is 0 Å². The largest absolute Gasteiger partial charge is 0.382 e. The second-order valence-corrected chi connectivity index (χ2v) is 9.58. The van der Waals surface area contributed by atoms with Gasteiger partial charge in [-0.3, -0.25) is 24.5 Å². The van der Waals surface area contributed by atoms with Crippen LogP contribution in [0.2, 0.25) is 0 Å². The molecule has 11 heteroatoms. The van der Waals surface area contributed by atoms with Gasteiger partial charge in [-0.05, 0) is 67.6 Å². The topological polar surface area (TPSA) is 142 Å². The number of fused-ring (bicyclic) bond motifs is 1. The zero-order valence-corrected chi connectivity index (χ0v) is 23.1. The van der Waals surface area contributed by atoms with Crippen molar-refractivity contribution < 1.29 is 9.59 Å². The summed E-state index contributed by atoms with van der Waals surface area (Å²) < 4.78 is 0. The van der Waals surface area contributed by atoms with Gasteiger partial charge < -0.3 is 21.3 Å². The number of nitrogens with two attached hydrogens (primary N) is 1. The fourth-order valence-electron chi connectivity index (χ4n) is 4.30. The Balaban J connectivity index is 1.31. The molecule has 0 aliphatic carbocycles. The smallest absolute Gasteiger partial charge is 0.274 e. The van der Waals surface area contributed by atoms with Gasteiger partial charge in [-0.1, -0.05) is 0 Å². The molecule has 0 bridgehead atoms. The minimum Gasteiger partial charge on any atom is -0.382 e. The lowest BCUT2D eigenvalue weighted by molar-refractivity contribution is -0.115. The molecule has 0 saturated heterocycles. The molecule has 1 aromatic carbocycles. The van der Waals surface area contributed by atoms with Gasteiger partial charge in [-0.15, -0.1) is 0 Å². The molecule has 0 radical (unpaired) electrons. The molecule has 0 spiro atoms. The van der Waals surface area contributed by atoms with E-state index in [9.17, 15) is 9.59 Å². The van der Waals surface area contributed by atoms with Crippen LogP contribution in [0.3, 0.4) is 0 Å². The van der Waals surface area contributed by atoms with Gasteiger partial charge in [0.05, 0.1) is 28.8 Å². The summed E-state index contributed by atoms with van der Waals surface area (Å²) in [6.07, 6.45) is 4.95. The predicted octanol–water partition coefficient (Wildman–Crippen LogP) is 5.06. The monoisotopic (exact) mass is 547 g/mol. The Bertz CT molecular complexity index is 1750. The third kappa shape index (κ3) is 5.88. The molecule has 0 unspecified atom stereocenters. The minimum atomic E-state index is -0.448. The number of hydrogen-bond donors (Lipinski definition) is 3. The lowest BCUT2D eigenvalue weighted by atomic mass is 10.1. The quantitative estimate of drug-likeness (QED) is 0.255. The van der Waals surface area contributed by atoms with Crippen molar-refractivity contribution in [3.05, 3.63) is 90.6 Å². The van der Waals surface area contributed by atoms with Gasteiger partial charge in [0.1, 0.15) is 17.3 Å². The molecule has 4 aromatic heterocycles. The number of nitrogens with zero attached hydrogens (tertiary/aromatic N) is 6. The van der Waals surface area contributed by atoms with Gasteiger partial charge in [0.15, 0.2) is 0 Å². The van der Waals surface area contributed by atoms with E-state index in [-0.39, 0.29) is 17.4 Å². The summed E-state index contributed by atoms with van der Waals surface area (Å²) in [7, 11) is 3.97. The normalized spacial score (nSPS) is 10.7. The van der Waals surface area contributed by atoms with Crippen LogP contribution in [-0.4, -0.2) is 45.8 Å². The fraction of sp³-hybridized carbons (Fsp3) is 0.133. The highest BCUT2D eigenvalue weighted by Gasteiger charge is 2.18. The molecule has 0 saturated carbocycles. The molecule has 0 aliphatic rings. The first-order valence-corrected chi connectivity index (χ1v) is 12.8. The van der Waals surface area contributed by atoms with Crippen LogP contribution in [0.4, 0.5) is 40.1 Å². The molecule has 0 fully saturated rings. The van der Waals surface area contributed by atoms with E-state index in [4.69, 9.17) is 5.73 Å². The molecule has 5 rings (SSSR count). The van der Waals surface area contributed by atoms with Crippen molar-refractivity contribution in [2.45, 2.75) is 13.8 Å². The summed E-state index contributed by atoms with van der Waals surface area (Å²) in [6.45, 7) is 3.27. The maximum Gasteiger partial charge on any atom is 0.274 e. The third-order valence-electron chi connectivity index (χ3n) is 6.36. The predicted molar refractivity (Wildman–Crippen MR) is 162 cm³/mol. The Morgan fingerprint density at radius 3 is 2.34 bits per heavy atom. The minimum absolute atomic E-state index is 0.0628. The van der Waals surface area contributed by atoms with E-state index in [0.29, 0.717) is 22.9 Å². The molecular weight excluding hydrogens is 518 g/mol. The Hall–Kier alpha value is -5.58. The summed E-state index contributed by atoms with van der Waals surface area (Å²) in [6, 6.07) is 18.1. The molecule has 41 heavy (non-hydrogen) atoms. The van der Waals surface area contributed by atoms with Crippen LogP contribution in [0, 0.1) is 6.92 Å². The Labute approximate surface area is 237 Å². The number of aromatic nitrogens is 4. The molecule has 11 nitrogen and oxygen atoms in total. The molecule has 4 N–H and O–H groups in total. The van der Waals surface area contributed by atoms with E-state index >= 15 is 0 Å². The van der Waals surface area contributed by atoms with Gasteiger partial charge in [0, 0.05) is 55.9 Å². The highest BCUT2D eigenvalue weighted by atomic mass is 16.2. The van der Waals surface area contributed by atoms with Gasteiger partial charge in [0.25, 0.3) is 5.91 Å². The van der Waals surface area contributed by atoms with Gasteiger partial charge in [-0.2, -0.15) is 0 Å². The van der Waals surface area contributed by atoms with Crippen molar-refractivity contribution in [1.82, 2.24) is 19.9 Å². The van der Waals surface area contributed by atoms with E-state index in [0.717, 1.165) is 28.0 Å². The van der Waals surface area contributed by atoms with Gasteiger partial charge in [0.2, 0.25) is 5.91 Å². The molecule has 206 valence electrons. The molecule has 0 atom stereocenters. The van der Waals surface area contributed by atoms with Crippen LogP contribution in [-0.2, 0) is 4.79 Å². The first-order chi connectivity index (χ1) is 19.7. The van der Waals surface area contributed by atoms with Crippen molar-refractivity contribution in [3.63, 3.8) is 0 Å². The van der Waals surface area contributed by atoms with E-state index < -0.39 is 5.91 Å². The van der Waals surface area contributed by atoms with Crippen LogP contribution in [0.5, 0.6) is 0 Å². The van der Waals surface area contributed by atoms with E-state index in [2.05, 4.69) is 36.6 Å². The Morgan fingerprint density at radius 1 is 0.854 bits per heavy atom. The van der Waals surface area contributed by atoms with Crippen molar-refractivity contribution >= 4 is 62.8 Å². The molecular formula is C30H29N9O2. The number of carbonyl (C=O) groups is 2. The number of aryl methyl sites for hydroxylation is 1. The van der Waals surface area contributed by atoms with E-state index in [1.54, 1.807) is 55.0 Å². The maximum absolute atomic E-state index is 12.9. The Morgan fingerprint density at radius 2 is 1.66 bits per heavy atom. The van der Waals surface area contributed by atoms with Gasteiger partial charge in [-0.25, -0.2) is 9.97 Å². The summed E-state index contributed by atoms with van der Waals surface area (Å²) in [5.41, 5.74) is 11.5. The maximum atomic E-state index is 12.9.